The summed E-state index contributed by atoms with van der Waals surface area (Å²) in [5.74, 6) is -2.82. The van der Waals surface area contributed by atoms with Crippen molar-refractivity contribution in [3.05, 3.63) is 33.6 Å². The normalized spacial score (nSPS) is 14.9. The predicted octanol–water partition coefficient (Wildman–Crippen LogP) is 1.21. The number of carboxylic acids is 1. The molecular formula is C10H8FNO6. The fraction of sp³-hybridized carbons (Fsp3) is 0.300. The molecule has 7 nitrogen and oxygen atoms in total. The number of rotatable bonds is 4. The summed E-state index contributed by atoms with van der Waals surface area (Å²) in [4.78, 5) is 20.5. The molecule has 1 aromatic rings. The largest absolute Gasteiger partial charge is 0.482 e. The molecule has 1 N–H and O–H groups in total. The number of halogens is 1. The van der Waals surface area contributed by atoms with Crippen molar-refractivity contribution in [3.8, 4) is 5.75 Å². The van der Waals surface area contributed by atoms with Gasteiger partial charge in [0.05, 0.1) is 24.2 Å². The summed E-state index contributed by atoms with van der Waals surface area (Å²) in [5.41, 5.74) is -1.42. The molecule has 1 aliphatic rings. The highest BCUT2D eigenvalue weighted by molar-refractivity contribution is 5.92. The van der Waals surface area contributed by atoms with Crippen molar-refractivity contribution in [1.82, 2.24) is 0 Å². The van der Waals surface area contributed by atoms with Crippen molar-refractivity contribution >= 4 is 11.7 Å². The molecule has 18 heavy (non-hydrogen) atoms. The number of ether oxygens (including phenoxy) is 2. The number of benzene rings is 1. The number of nitro benzene ring substituents is 1. The van der Waals surface area contributed by atoms with Crippen LogP contribution in [-0.2, 0) is 4.74 Å². The molecule has 0 amide bonds. The molecule has 1 saturated heterocycles. The van der Waals surface area contributed by atoms with E-state index < -0.39 is 28.0 Å². The van der Waals surface area contributed by atoms with Crippen LogP contribution in [0.4, 0.5) is 10.1 Å². The van der Waals surface area contributed by atoms with Crippen LogP contribution < -0.4 is 4.74 Å². The van der Waals surface area contributed by atoms with E-state index in [2.05, 4.69) is 0 Å². The lowest BCUT2D eigenvalue weighted by Gasteiger charge is -2.26. The minimum atomic E-state index is -1.52. The van der Waals surface area contributed by atoms with Crippen molar-refractivity contribution < 1.29 is 28.7 Å². The van der Waals surface area contributed by atoms with Crippen molar-refractivity contribution in [2.45, 2.75) is 6.10 Å². The Balaban J connectivity index is 2.38. The molecule has 0 saturated carbocycles. The van der Waals surface area contributed by atoms with Crippen LogP contribution in [0.25, 0.3) is 0 Å². The van der Waals surface area contributed by atoms with Crippen molar-refractivity contribution in [2.75, 3.05) is 13.2 Å². The molecule has 0 unspecified atom stereocenters. The SMILES string of the molecule is O=C(O)c1cc(OC2COC2)c(F)cc1[N+](=O)[O-]. The Morgan fingerprint density at radius 1 is 1.56 bits per heavy atom. The van der Waals surface area contributed by atoms with Crippen LogP contribution in [0.15, 0.2) is 12.1 Å². The number of carboxylic acid groups (broad SMARTS) is 1. The summed E-state index contributed by atoms with van der Waals surface area (Å²) < 4.78 is 23.4. The van der Waals surface area contributed by atoms with Gasteiger partial charge in [-0.1, -0.05) is 0 Å². The summed E-state index contributed by atoms with van der Waals surface area (Å²) >= 11 is 0. The van der Waals surface area contributed by atoms with Crippen LogP contribution in [0, 0.1) is 15.9 Å². The number of nitro groups is 1. The topological polar surface area (TPSA) is 98.9 Å². The Kier molecular flexibility index (Phi) is 3.11. The molecule has 1 heterocycles. The number of nitrogens with zero attached hydrogens (tertiary/aromatic N) is 1. The first kappa shape index (κ1) is 12.2. The van der Waals surface area contributed by atoms with Gasteiger partial charge in [0, 0.05) is 6.07 Å². The summed E-state index contributed by atoms with van der Waals surface area (Å²) in [7, 11) is 0. The van der Waals surface area contributed by atoms with E-state index in [0.29, 0.717) is 6.07 Å². The number of carbonyl (C=O) groups is 1. The molecule has 0 radical (unpaired) electrons. The molecule has 0 aliphatic carbocycles. The lowest BCUT2D eigenvalue weighted by molar-refractivity contribution is -0.385. The third kappa shape index (κ3) is 2.23. The van der Waals surface area contributed by atoms with E-state index in [1.54, 1.807) is 0 Å². The summed E-state index contributed by atoms with van der Waals surface area (Å²) in [6.45, 7) is 0.553. The van der Waals surface area contributed by atoms with E-state index >= 15 is 0 Å². The minimum Gasteiger partial charge on any atom is -0.482 e. The second-order valence-electron chi connectivity index (χ2n) is 3.64. The molecule has 0 bridgehead atoms. The van der Waals surface area contributed by atoms with Crippen LogP contribution in [0.2, 0.25) is 0 Å². The van der Waals surface area contributed by atoms with Crippen LogP contribution in [0.3, 0.4) is 0 Å². The van der Waals surface area contributed by atoms with Gasteiger partial charge in [-0.25, -0.2) is 9.18 Å². The minimum absolute atomic E-state index is 0.277. The van der Waals surface area contributed by atoms with E-state index in [1.165, 1.54) is 0 Å². The van der Waals surface area contributed by atoms with Gasteiger partial charge in [-0.3, -0.25) is 10.1 Å². The highest BCUT2D eigenvalue weighted by Gasteiger charge is 2.27. The summed E-state index contributed by atoms with van der Waals surface area (Å²) in [6, 6.07) is 1.35. The molecule has 1 fully saturated rings. The quantitative estimate of drug-likeness (QED) is 0.642. The van der Waals surface area contributed by atoms with Gasteiger partial charge in [0.1, 0.15) is 11.7 Å². The van der Waals surface area contributed by atoms with Gasteiger partial charge in [0.25, 0.3) is 5.69 Å². The van der Waals surface area contributed by atoms with Gasteiger partial charge in [0.15, 0.2) is 11.6 Å². The maximum absolute atomic E-state index is 13.5. The molecule has 8 heteroatoms. The van der Waals surface area contributed by atoms with Gasteiger partial charge in [-0.15, -0.1) is 0 Å². The van der Waals surface area contributed by atoms with Gasteiger partial charge in [-0.05, 0) is 0 Å². The third-order valence-electron chi connectivity index (χ3n) is 2.38. The highest BCUT2D eigenvalue weighted by atomic mass is 19.1. The molecule has 96 valence electrons. The van der Waals surface area contributed by atoms with Gasteiger partial charge in [0.2, 0.25) is 0 Å². The monoisotopic (exact) mass is 257 g/mol. The molecule has 0 spiro atoms. The molecule has 1 aromatic carbocycles. The first-order valence-corrected chi connectivity index (χ1v) is 4.94. The second-order valence-corrected chi connectivity index (χ2v) is 3.64. The average molecular weight is 257 g/mol. The molecule has 1 aliphatic heterocycles. The fourth-order valence-corrected chi connectivity index (χ4v) is 1.42. The summed E-state index contributed by atoms with van der Waals surface area (Å²) in [6.07, 6.45) is -0.359. The fourth-order valence-electron chi connectivity index (χ4n) is 1.42. The molecular weight excluding hydrogens is 249 g/mol. The van der Waals surface area contributed by atoms with Crippen LogP contribution in [0.1, 0.15) is 10.4 Å². The van der Waals surface area contributed by atoms with E-state index in [0.717, 1.165) is 6.07 Å². The first-order valence-electron chi connectivity index (χ1n) is 4.94. The van der Waals surface area contributed by atoms with Crippen LogP contribution in [0.5, 0.6) is 5.75 Å². The average Bonchev–Trinajstić information content (AvgIpc) is 2.23. The van der Waals surface area contributed by atoms with E-state index in [4.69, 9.17) is 14.6 Å². The Bertz CT molecular complexity index is 513. The molecule has 2 rings (SSSR count). The zero-order valence-electron chi connectivity index (χ0n) is 8.96. The van der Waals surface area contributed by atoms with Gasteiger partial charge >= 0.3 is 5.97 Å². The summed E-state index contributed by atoms with van der Waals surface area (Å²) in [5, 5.41) is 19.4. The Hall–Kier alpha value is -2.22. The predicted molar refractivity (Wildman–Crippen MR) is 55.2 cm³/mol. The maximum atomic E-state index is 13.5. The lowest BCUT2D eigenvalue weighted by atomic mass is 10.1. The lowest BCUT2D eigenvalue weighted by Crippen LogP contribution is -2.38. The Morgan fingerprint density at radius 3 is 2.67 bits per heavy atom. The zero-order chi connectivity index (χ0) is 13.3. The van der Waals surface area contributed by atoms with Crippen LogP contribution >= 0.6 is 0 Å². The third-order valence-corrected chi connectivity index (χ3v) is 2.38. The number of hydrogen-bond donors (Lipinski definition) is 1. The number of aromatic carboxylic acids is 1. The van der Waals surface area contributed by atoms with Crippen molar-refractivity contribution in [1.29, 1.82) is 0 Å². The zero-order valence-corrected chi connectivity index (χ0v) is 8.96. The van der Waals surface area contributed by atoms with Gasteiger partial charge in [-0.2, -0.15) is 0 Å². The van der Waals surface area contributed by atoms with E-state index in [9.17, 15) is 19.3 Å². The molecule has 0 aromatic heterocycles. The number of hydrogen-bond acceptors (Lipinski definition) is 5. The maximum Gasteiger partial charge on any atom is 0.342 e. The standard InChI is InChI=1S/C10H8FNO6/c11-7-2-8(12(15)16)6(10(13)14)1-9(7)18-5-3-17-4-5/h1-2,5H,3-4H2,(H,13,14). The van der Waals surface area contributed by atoms with E-state index in [1.807, 2.05) is 0 Å². The second kappa shape index (κ2) is 4.57. The Morgan fingerprint density at radius 2 is 2.22 bits per heavy atom. The van der Waals surface area contributed by atoms with Crippen molar-refractivity contribution in [2.24, 2.45) is 0 Å². The Labute approximate surface area is 99.9 Å². The van der Waals surface area contributed by atoms with Crippen LogP contribution in [-0.4, -0.2) is 35.3 Å². The van der Waals surface area contributed by atoms with Crippen molar-refractivity contribution in [3.63, 3.8) is 0 Å². The smallest absolute Gasteiger partial charge is 0.342 e. The highest BCUT2D eigenvalue weighted by Crippen LogP contribution is 2.29. The van der Waals surface area contributed by atoms with Gasteiger partial charge < -0.3 is 14.6 Å². The first-order chi connectivity index (χ1) is 8.49. The van der Waals surface area contributed by atoms with E-state index in [-0.39, 0.29) is 25.1 Å². The molecule has 0 atom stereocenters.